The van der Waals surface area contributed by atoms with E-state index in [2.05, 4.69) is 48.0 Å². The topological polar surface area (TPSA) is 73.4 Å². The van der Waals surface area contributed by atoms with Gasteiger partial charge in [-0.1, -0.05) is 25.3 Å². The zero-order chi connectivity index (χ0) is 19.7. The quantitative estimate of drug-likeness (QED) is 0.555. The molecule has 1 aromatic carbocycles. The van der Waals surface area contributed by atoms with E-state index in [9.17, 15) is 9.90 Å². The molecule has 0 radical (unpaired) electrons. The molecule has 1 amide bonds. The molecule has 5 nitrogen and oxygen atoms in total. The number of hydrogen-bond donors (Lipinski definition) is 4. The molecule has 4 rings (SSSR count). The molecule has 1 saturated heterocycles. The zero-order valence-electron chi connectivity index (χ0n) is 18.1. The Kier molecular flexibility index (Phi) is 8.87. The lowest BCUT2D eigenvalue weighted by Crippen LogP contribution is -2.59. The van der Waals surface area contributed by atoms with Crippen LogP contribution in [0.4, 0.5) is 5.69 Å². The van der Waals surface area contributed by atoms with Gasteiger partial charge in [0.2, 0.25) is 5.91 Å². The summed E-state index contributed by atoms with van der Waals surface area (Å²) < 4.78 is 0. The number of anilines is 1. The van der Waals surface area contributed by atoms with Gasteiger partial charge in [-0.3, -0.25) is 4.79 Å². The van der Waals surface area contributed by atoms with Gasteiger partial charge < -0.3 is 21.1 Å². The van der Waals surface area contributed by atoms with Crippen molar-refractivity contribution in [2.45, 2.75) is 76.5 Å². The van der Waals surface area contributed by atoms with E-state index in [0.717, 1.165) is 57.3 Å². The van der Waals surface area contributed by atoms with Gasteiger partial charge in [0.15, 0.2) is 0 Å². The normalized spacial score (nSPS) is 29.7. The fourth-order valence-corrected chi connectivity index (χ4v) is 5.42. The molecular weight excluding hydrogens is 421 g/mol. The van der Waals surface area contributed by atoms with Crippen molar-refractivity contribution in [2.75, 3.05) is 18.4 Å². The second kappa shape index (κ2) is 10.5. The summed E-state index contributed by atoms with van der Waals surface area (Å²) in [7, 11) is 0. The fourth-order valence-electron chi connectivity index (χ4n) is 5.42. The number of fused-ring (bicyclic) bond motifs is 1. The number of nitrogens with one attached hydrogen (secondary N) is 3. The Morgan fingerprint density at radius 2 is 1.70 bits per heavy atom. The number of carbonyl (C=O) groups is 1. The first-order valence-electron chi connectivity index (χ1n) is 11.0. The van der Waals surface area contributed by atoms with Crippen molar-refractivity contribution in [3.63, 3.8) is 0 Å². The van der Waals surface area contributed by atoms with E-state index >= 15 is 0 Å². The number of aryl methyl sites for hydroxylation is 2. The maximum absolute atomic E-state index is 13.5. The van der Waals surface area contributed by atoms with Crippen molar-refractivity contribution >= 4 is 36.4 Å². The third-order valence-electron chi connectivity index (χ3n) is 7.39. The summed E-state index contributed by atoms with van der Waals surface area (Å²) >= 11 is 0. The highest BCUT2D eigenvalue weighted by Crippen LogP contribution is 2.36. The minimum absolute atomic E-state index is 0. The summed E-state index contributed by atoms with van der Waals surface area (Å²) in [5.74, 6) is 1.20. The Balaban J connectivity index is 0.00000160. The summed E-state index contributed by atoms with van der Waals surface area (Å²) in [5, 5.41) is 20.9. The van der Waals surface area contributed by atoms with Crippen LogP contribution in [0, 0.1) is 25.7 Å². The van der Waals surface area contributed by atoms with Gasteiger partial charge in [0.25, 0.3) is 0 Å². The second-order valence-corrected chi connectivity index (χ2v) is 9.36. The smallest absolute Gasteiger partial charge is 0.245 e. The highest BCUT2D eigenvalue weighted by atomic mass is 35.5. The average Bonchev–Trinajstić information content (AvgIpc) is 3.13. The SMILES string of the molecule is Cc1ccc(NC2(C(=O)N[C@H]3C[C@H]4CNC[C@H]4C[C@@H]3O)CCCCC2)cc1C.Cl.Cl. The first-order chi connectivity index (χ1) is 13.5. The highest BCUT2D eigenvalue weighted by Gasteiger charge is 2.44. The van der Waals surface area contributed by atoms with Crippen molar-refractivity contribution < 1.29 is 9.90 Å². The lowest BCUT2D eigenvalue weighted by atomic mass is 9.76. The molecule has 1 heterocycles. The van der Waals surface area contributed by atoms with Gasteiger partial charge in [-0.15, -0.1) is 24.8 Å². The fraction of sp³-hybridized carbons (Fsp3) is 0.696. The van der Waals surface area contributed by atoms with Crippen LogP contribution in [0.3, 0.4) is 0 Å². The van der Waals surface area contributed by atoms with Crippen LogP contribution in [0.5, 0.6) is 0 Å². The average molecular weight is 458 g/mol. The Morgan fingerprint density at radius 3 is 2.37 bits per heavy atom. The van der Waals surface area contributed by atoms with E-state index in [1.54, 1.807) is 0 Å². The van der Waals surface area contributed by atoms with Crippen molar-refractivity contribution in [1.82, 2.24) is 10.6 Å². The minimum Gasteiger partial charge on any atom is -0.391 e. The van der Waals surface area contributed by atoms with Gasteiger partial charge in [-0.05, 0) is 87.7 Å². The lowest BCUT2D eigenvalue weighted by Gasteiger charge is -2.41. The molecule has 0 bridgehead atoms. The number of amides is 1. The molecule has 0 unspecified atom stereocenters. The molecule has 4 N–H and O–H groups in total. The third-order valence-corrected chi connectivity index (χ3v) is 7.39. The summed E-state index contributed by atoms with van der Waals surface area (Å²) in [6.07, 6.45) is 6.24. The summed E-state index contributed by atoms with van der Waals surface area (Å²) in [4.78, 5) is 13.5. The number of aliphatic hydroxyl groups excluding tert-OH is 1. The largest absolute Gasteiger partial charge is 0.391 e. The van der Waals surface area contributed by atoms with Crippen LogP contribution in [0.25, 0.3) is 0 Å². The van der Waals surface area contributed by atoms with Gasteiger partial charge in [-0.2, -0.15) is 0 Å². The maximum Gasteiger partial charge on any atom is 0.245 e. The molecule has 7 heteroatoms. The highest BCUT2D eigenvalue weighted by molar-refractivity contribution is 5.90. The van der Waals surface area contributed by atoms with Gasteiger partial charge in [-0.25, -0.2) is 0 Å². The van der Waals surface area contributed by atoms with E-state index in [-0.39, 0.29) is 36.8 Å². The molecule has 30 heavy (non-hydrogen) atoms. The maximum atomic E-state index is 13.5. The number of rotatable bonds is 4. The summed E-state index contributed by atoms with van der Waals surface area (Å²) in [6.45, 7) is 6.23. The van der Waals surface area contributed by atoms with Gasteiger partial charge >= 0.3 is 0 Å². The van der Waals surface area contributed by atoms with Gasteiger partial charge in [0.05, 0.1) is 12.1 Å². The van der Waals surface area contributed by atoms with E-state index in [0.29, 0.717) is 11.8 Å². The van der Waals surface area contributed by atoms with Crippen LogP contribution >= 0.6 is 24.8 Å². The number of halogens is 2. The van der Waals surface area contributed by atoms with Gasteiger partial charge in [0, 0.05) is 5.69 Å². The zero-order valence-corrected chi connectivity index (χ0v) is 19.7. The van der Waals surface area contributed by atoms with Crippen molar-refractivity contribution in [2.24, 2.45) is 11.8 Å². The van der Waals surface area contributed by atoms with Crippen molar-refractivity contribution in [1.29, 1.82) is 0 Å². The molecule has 1 aliphatic heterocycles. The van der Waals surface area contributed by atoms with Crippen LogP contribution in [-0.2, 0) is 4.79 Å². The first kappa shape index (κ1) is 25.3. The second-order valence-electron chi connectivity index (χ2n) is 9.36. The van der Waals surface area contributed by atoms with Crippen LogP contribution in [0.2, 0.25) is 0 Å². The van der Waals surface area contributed by atoms with E-state index < -0.39 is 11.6 Å². The Labute approximate surface area is 193 Å². The van der Waals surface area contributed by atoms with Crippen LogP contribution in [0.1, 0.15) is 56.1 Å². The molecule has 0 spiro atoms. The van der Waals surface area contributed by atoms with Gasteiger partial charge in [0.1, 0.15) is 5.54 Å². The standard InChI is InChI=1S/C23H35N3O2.2ClH/c1-15-6-7-19(10-16(15)2)26-23(8-4-3-5-9-23)22(28)25-20-11-17-13-24-14-18(17)12-21(20)27;;/h6-7,10,17-18,20-21,24,26-27H,3-5,8-9,11-14H2,1-2H3,(H,25,28);2*1H/t17-,18+,20-,21-;;/m0../s1. The monoisotopic (exact) mass is 457 g/mol. The first-order valence-corrected chi connectivity index (χ1v) is 11.0. The molecule has 3 aliphatic rings. The van der Waals surface area contributed by atoms with E-state index in [1.165, 1.54) is 17.5 Å². The van der Waals surface area contributed by atoms with E-state index in [4.69, 9.17) is 0 Å². The number of hydrogen-bond acceptors (Lipinski definition) is 4. The molecular formula is C23H37Cl2N3O2. The number of aliphatic hydroxyl groups is 1. The van der Waals surface area contributed by atoms with Crippen LogP contribution < -0.4 is 16.0 Å². The molecule has 0 aromatic heterocycles. The molecule has 170 valence electrons. The Hall–Kier alpha value is -1.01. The minimum atomic E-state index is -0.565. The van der Waals surface area contributed by atoms with E-state index in [1.807, 2.05) is 0 Å². The molecule has 2 saturated carbocycles. The number of benzene rings is 1. The summed E-state index contributed by atoms with van der Waals surface area (Å²) in [6, 6.07) is 6.21. The predicted octanol–water partition coefficient (Wildman–Crippen LogP) is 3.74. The molecule has 3 fully saturated rings. The molecule has 2 aliphatic carbocycles. The molecule has 4 atom stereocenters. The third kappa shape index (κ3) is 5.24. The van der Waals surface area contributed by atoms with Crippen LogP contribution in [-0.4, -0.2) is 41.8 Å². The Morgan fingerprint density at radius 1 is 1.03 bits per heavy atom. The van der Waals surface area contributed by atoms with Crippen LogP contribution in [0.15, 0.2) is 18.2 Å². The predicted molar refractivity (Wildman–Crippen MR) is 127 cm³/mol. The summed E-state index contributed by atoms with van der Waals surface area (Å²) in [5.41, 5.74) is 2.95. The lowest BCUT2D eigenvalue weighted by molar-refractivity contribution is -0.129. The number of carbonyl (C=O) groups excluding carboxylic acids is 1. The van der Waals surface area contributed by atoms with Crippen molar-refractivity contribution in [3.05, 3.63) is 29.3 Å². The Bertz CT molecular complexity index is 724. The molecule has 1 aromatic rings. The van der Waals surface area contributed by atoms with Crippen molar-refractivity contribution in [3.8, 4) is 0 Å².